The van der Waals surface area contributed by atoms with E-state index in [1.165, 1.54) is 22.9 Å². The zero-order chi connectivity index (χ0) is 23.8. The van der Waals surface area contributed by atoms with E-state index >= 15 is 0 Å². The molecule has 0 aromatic heterocycles. The normalized spacial score (nSPS) is 19.0. The summed E-state index contributed by atoms with van der Waals surface area (Å²) in [4.78, 5) is 27.4. The number of hydrogen-bond donors (Lipinski definition) is 1. The van der Waals surface area contributed by atoms with E-state index in [2.05, 4.69) is 15.9 Å². The van der Waals surface area contributed by atoms with E-state index in [0.29, 0.717) is 11.4 Å². The molecule has 2 amide bonds. The van der Waals surface area contributed by atoms with Gasteiger partial charge in [0.15, 0.2) is 0 Å². The Hall–Kier alpha value is -2.26. The number of halogens is 5. The van der Waals surface area contributed by atoms with Crippen molar-refractivity contribution in [3.63, 3.8) is 0 Å². The van der Waals surface area contributed by atoms with E-state index in [0.717, 1.165) is 23.3 Å². The molecule has 172 valence electrons. The summed E-state index contributed by atoms with van der Waals surface area (Å²) in [5.74, 6) is -0.930. The van der Waals surface area contributed by atoms with Crippen LogP contribution < -0.4 is 0 Å². The molecule has 10 heteroatoms. The van der Waals surface area contributed by atoms with E-state index in [-0.39, 0.29) is 29.0 Å². The van der Waals surface area contributed by atoms with Gasteiger partial charge < -0.3 is 14.9 Å². The number of aryl methyl sites for hydroxylation is 1. The van der Waals surface area contributed by atoms with Crippen molar-refractivity contribution >= 4 is 39.5 Å². The molecule has 5 nitrogen and oxygen atoms in total. The number of carbonyl (C=O) groups is 2. The van der Waals surface area contributed by atoms with Crippen molar-refractivity contribution in [3.8, 4) is 0 Å². The Balaban J connectivity index is 1.96. The van der Waals surface area contributed by atoms with Crippen LogP contribution in [0.15, 0.2) is 40.9 Å². The van der Waals surface area contributed by atoms with Crippen LogP contribution in [0.1, 0.15) is 39.4 Å². The SMILES string of the molecule is Cc1cc([C@@H]2CN(C(=O)O)CC[C@H]2N(C)C(=O)c2cc(Br)cc(C(F)(F)F)c2)ccc1Cl. The van der Waals surface area contributed by atoms with Crippen LogP contribution in [0.3, 0.4) is 0 Å². The van der Waals surface area contributed by atoms with Gasteiger partial charge in [-0.2, -0.15) is 13.2 Å². The van der Waals surface area contributed by atoms with Crippen molar-refractivity contribution in [2.45, 2.75) is 31.5 Å². The van der Waals surface area contributed by atoms with Crippen LogP contribution in [-0.4, -0.2) is 53.1 Å². The summed E-state index contributed by atoms with van der Waals surface area (Å²) in [6.07, 6.45) is -5.30. The maximum absolute atomic E-state index is 13.2. The fourth-order valence-electron chi connectivity index (χ4n) is 4.03. The minimum absolute atomic E-state index is 0.0964. The Morgan fingerprint density at radius 3 is 2.50 bits per heavy atom. The topological polar surface area (TPSA) is 60.9 Å². The second-order valence-electron chi connectivity index (χ2n) is 7.84. The van der Waals surface area contributed by atoms with Crippen molar-refractivity contribution in [2.24, 2.45) is 0 Å². The summed E-state index contributed by atoms with van der Waals surface area (Å²) in [5.41, 5.74) is 0.606. The number of piperidine rings is 1. The Labute approximate surface area is 196 Å². The van der Waals surface area contributed by atoms with Crippen LogP contribution in [0.5, 0.6) is 0 Å². The van der Waals surface area contributed by atoms with Crippen LogP contribution in [-0.2, 0) is 6.18 Å². The largest absolute Gasteiger partial charge is 0.465 e. The fraction of sp³-hybridized carbons (Fsp3) is 0.364. The molecule has 0 bridgehead atoms. The van der Waals surface area contributed by atoms with Gasteiger partial charge in [-0.15, -0.1) is 0 Å². The highest BCUT2D eigenvalue weighted by molar-refractivity contribution is 9.10. The van der Waals surface area contributed by atoms with Crippen LogP contribution in [0.25, 0.3) is 0 Å². The Morgan fingerprint density at radius 2 is 1.91 bits per heavy atom. The van der Waals surface area contributed by atoms with Crippen LogP contribution in [0.4, 0.5) is 18.0 Å². The predicted octanol–water partition coefficient (Wildman–Crippen LogP) is 6.04. The summed E-state index contributed by atoms with van der Waals surface area (Å²) in [6.45, 7) is 2.20. The number of likely N-dealkylation sites (N-methyl/N-ethyl adjacent to an activating group) is 1. The van der Waals surface area contributed by atoms with E-state index in [1.54, 1.807) is 12.1 Å². The predicted molar refractivity (Wildman–Crippen MR) is 118 cm³/mol. The summed E-state index contributed by atoms with van der Waals surface area (Å²) in [7, 11) is 1.54. The van der Waals surface area contributed by atoms with Gasteiger partial charge in [-0.25, -0.2) is 4.79 Å². The van der Waals surface area contributed by atoms with E-state index < -0.39 is 29.8 Å². The van der Waals surface area contributed by atoms with Gasteiger partial charge in [0, 0.05) is 47.2 Å². The third kappa shape index (κ3) is 5.20. The van der Waals surface area contributed by atoms with Crippen molar-refractivity contribution in [3.05, 3.63) is 68.1 Å². The van der Waals surface area contributed by atoms with Crippen molar-refractivity contribution in [1.82, 2.24) is 9.80 Å². The van der Waals surface area contributed by atoms with Gasteiger partial charge in [0.05, 0.1) is 5.56 Å². The smallest absolute Gasteiger partial charge is 0.416 e. The van der Waals surface area contributed by atoms with E-state index in [4.69, 9.17) is 11.6 Å². The molecule has 1 aliphatic heterocycles. The van der Waals surface area contributed by atoms with Crippen LogP contribution >= 0.6 is 27.5 Å². The van der Waals surface area contributed by atoms with Gasteiger partial charge in [-0.05, 0) is 48.7 Å². The molecular formula is C22H21BrClF3N2O3. The molecule has 32 heavy (non-hydrogen) atoms. The number of carbonyl (C=O) groups excluding carboxylic acids is 1. The molecule has 0 spiro atoms. The highest BCUT2D eigenvalue weighted by Gasteiger charge is 2.38. The maximum atomic E-state index is 13.2. The fourth-order valence-corrected chi connectivity index (χ4v) is 4.64. The molecule has 1 heterocycles. The highest BCUT2D eigenvalue weighted by Crippen LogP contribution is 2.35. The quantitative estimate of drug-likeness (QED) is 0.523. The second-order valence-corrected chi connectivity index (χ2v) is 9.17. The van der Waals surface area contributed by atoms with Gasteiger partial charge in [0.25, 0.3) is 5.91 Å². The molecule has 2 atom stereocenters. The average molecular weight is 534 g/mol. The number of nitrogens with zero attached hydrogens (tertiary/aromatic N) is 2. The molecule has 0 saturated carbocycles. The van der Waals surface area contributed by atoms with Gasteiger partial charge >= 0.3 is 12.3 Å². The molecular weight excluding hydrogens is 513 g/mol. The van der Waals surface area contributed by atoms with Crippen LogP contribution in [0.2, 0.25) is 5.02 Å². The van der Waals surface area contributed by atoms with Crippen molar-refractivity contribution in [1.29, 1.82) is 0 Å². The molecule has 0 aliphatic carbocycles. The molecule has 0 radical (unpaired) electrons. The Morgan fingerprint density at radius 1 is 1.22 bits per heavy atom. The summed E-state index contributed by atoms with van der Waals surface area (Å²) in [5, 5.41) is 10.0. The van der Waals surface area contributed by atoms with Gasteiger partial charge in [-0.3, -0.25) is 4.79 Å². The number of rotatable bonds is 3. The number of benzene rings is 2. The molecule has 2 aromatic rings. The molecule has 1 fully saturated rings. The molecule has 2 aromatic carbocycles. The Kier molecular flexibility index (Phi) is 7.09. The molecule has 3 rings (SSSR count). The van der Waals surface area contributed by atoms with E-state index in [1.807, 2.05) is 13.0 Å². The molecule has 1 saturated heterocycles. The van der Waals surface area contributed by atoms with Gasteiger partial charge in [-0.1, -0.05) is 39.7 Å². The number of amides is 2. The maximum Gasteiger partial charge on any atom is 0.416 e. The number of hydrogen-bond acceptors (Lipinski definition) is 2. The summed E-state index contributed by atoms with van der Waals surface area (Å²) < 4.78 is 39.8. The Bertz CT molecular complexity index is 1050. The van der Waals surface area contributed by atoms with E-state index in [9.17, 15) is 27.9 Å². The molecule has 0 unspecified atom stereocenters. The number of likely N-dealkylation sites (tertiary alicyclic amines) is 1. The minimum Gasteiger partial charge on any atom is -0.465 e. The minimum atomic E-state index is -4.59. The summed E-state index contributed by atoms with van der Waals surface area (Å²) in [6, 6.07) is 8.05. The highest BCUT2D eigenvalue weighted by atomic mass is 79.9. The standard InChI is InChI=1S/C22H21BrClF3N2O3/c1-12-7-13(3-4-18(12)24)17-11-29(21(31)32)6-5-19(17)28(2)20(30)14-8-15(22(25,26)27)10-16(23)9-14/h3-4,7-10,17,19H,5-6,11H2,1-2H3,(H,31,32)/t17-,19+/m0/s1. The lowest BCUT2D eigenvalue weighted by molar-refractivity contribution is -0.137. The third-order valence-electron chi connectivity index (χ3n) is 5.75. The molecule has 1 N–H and O–H groups in total. The first-order chi connectivity index (χ1) is 14.9. The second kappa shape index (κ2) is 9.31. The lowest BCUT2D eigenvalue weighted by atomic mass is 9.84. The number of alkyl halides is 3. The zero-order valence-corrected chi connectivity index (χ0v) is 19.6. The number of carboxylic acid groups (broad SMARTS) is 1. The van der Waals surface area contributed by atoms with Crippen LogP contribution in [0, 0.1) is 6.92 Å². The summed E-state index contributed by atoms with van der Waals surface area (Å²) >= 11 is 9.18. The monoisotopic (exact) mass is 532 g/mol. The van der Waals surface area contributed by atoms with Gasteiger partial charge in [0.2, 0.25) is 0 Å². The molecule has 1 aliphatic rings. The lowest BCUT2D eigenvalue weighted by Crippen LogP contribution is -2.51. The zero-order valence-electron chi connectivity index (χ0n) is 17.3. The first kappa shape index (κ1) is 24.4. The van der Waals surface area contributed by atoms with Crippen molar-refractivity contribution in [2.75, 3.05) is 20.1 Å². The first-order valence-corrected chi connectivity index (χ1v) is 10.9. The average Bonchev–Trinajstić information content (AvgIpc) is 2.73. The first-order valence-electron chi connectivity index (χ1n) is 9.77. The third-order valence-corrected chi connectivity index (χ3v) is 6.63. The van der Waals surface area contributed by atoms with Crippen molar-refractivity contribution < 1.29 is 27.9 Å². The van der Waals surface area contributed by atoms with Gasteiger partial charge in [0.1, 0.15) is 0 Å². The lowest BCUT2D eigenvalue weighted by Gasteiger charge is -2.42.